The Morgan fingerprint density at radius 2 is 1.83 bits per heavy atom. The van der Waals surface area contributed by atoms with E-state index in [1.807, 2.05) is 12.1 Å². The van der Waals surface area contributed by atoms with Crippen molar-refractivity contribution < 1.29 is 0 Å². The second kappa shape index (κ2) is 8.39. The fourth-order valence-electron chi connectivity index (χ4n) is 3.26. The van der Waals surface area contributed by atoms with Crippen LogP contribution in [-0.4, -0.2) is 30.6 Å². The first-order valence-electron chi connectivity index (χ1n) is 10.1. The summed E-state index contributed by atoms with van der Waals surface area (Å²) in [5.41, 5.74) is 3.23. The molecule has 3 heterocycles. The minimum Gasteiger partial charge on any atom is -0.367 e. The largest absolute Gasteiger partial charge is 0.367 e. The van der Waals surface area contributed by atoms with Gasteiger partial charge in [-0.25, -0.2) is 4.98 Å². The molecule has 0 aliphatic rings. The van der Waals surface area contributed by atoms with Crippen LogP contribution in [0.4, 0.5) is 5.82 Å². The van der Waals surface area contributed by atoms with Gasteiger partial charge in [-0.15, -0.1) is 5.10 Å². The molecule has 0 saturated carbocycles. The van der Waals surface area contributed by atoms with Crippen molar-refractivity contribution in [2.45, 2.75) is 45.6 Å². The Kier molecular flexibility index (Phi) is 5.51. The van der Waals surface area contributed by atoms with E-state index in [2.05, 4.69) is 72.5 Å². The molecule has 6 nitrogen and oxygen atoms in total. The average Bonchev–Trinajstić information content (AvgIpc) is 3.18. The second-order valence-corrected chi connectivity index (χ2v) is 7.68. The van der Waals surface area contributed by atoms with E-state index in [9.17, 15) is 0 Å². The van der Waals surface area contributed by atoms with E-state index in [-0.39, 0.29) is 6.04 Å². The zero-order valence-electron chi connectivity index (χ0n) is 17.1. The van der Waals surface area contributed by atoms with Gasteiger partial charge in [0.2, 0.25) is 0 Å². The Hall–Kier alpha value is -3.28. The molecular formula is C23H26N6. The highest BCUT2D eigenvalue weighted by atomic mass is 15.4. The highest BCUT2D eigenvalue weighted by Gasteiger charge is 2.15. The van der Waals surface area contributed by atoms with Gasteiger partial charge in [-0.2, -0.15) is 9.50 Å². The number of nitrogens with zero attached hydrogens (tertiary/aromatic N) is 5. The van der Waals surface area contributed by atoms with E-state index in [1.165, 1.54) is 5.56 Å². The fraction of sp³-hybridized carbons (Fsp3) is 0.304. The SMILES string of the molecule is CC(C)c1cc(N[C@H](C)CCc2ccccc2)n2nc(-c3cccnc3)nc2n1. The smallest absolute Gasteiger partial charge is 0.254 e. The summed E-state index contributed by atoms with van der Waals surface area (Å²) < 4.78 is 1.80. The van der Waals surface area contributed by atoms with Crippen LogP contribution in [0.2, 0.25) is 0 Å². The van der Waals surface area contributed by atoms with E-state index < -0.39 is 0 Å². The molecule has 29 heavy (non-hydrogen) atoms. The number of aromatic nitrogens is 5. The molecule has 6 heteroatoms. The maximum atomic E-state index is 4.71. The molecule has 0 spiro atoms. The normalized spacial score (nSPS) is 12.4. The van der Waals surface area contributed by atoms with Crippen LogP contribution in [0, 0.1) is 0 Å². The summed E-state index contributed by atoms with van der Waals surface area (Å²) >= 11 is 0. The van der Waals surface area contributed by atoms with Crippen molar-refractivity contribution in [1.29, 1.82) is 0 Å². The Morgan fingerprint density at radius 1 is 1.00 bits per heavy atom. The van der Waals surface area contributed by atoms with Gasteiger partial charge in [-0.3, -0.25) is 4.98 Å². The standard InChI is InChI=1S/C23H26N6/c1-16(2)20-14-21(25-17(3)11-12-18-8-5-4-6-9-18)29-23(26-20)27-22(28-29)19-10-7-13-24-15-19/h4-10,13-17,25H,11-12H2,1-3H3/t17-/m1/s1. The predicted molar refractivity (Wildman–Crippen MR) is 116 cm³/mol. The molecule has 0 aliphatic carbocycles. The number of rotatable bonds is 7. The fourth-order valence-corrected chi connectivity index (χ4v) is 3.26. The van der Waals surface area contributed by atoms with Crippen molar-refractivity contribution in [3.05, 3.63) is 72.2 Å². The number of anilines is 1. The number of hydrogen-bond donors (Lipinski definition) is 1. The second-order valence-electron chi connectivity index (χ2n) is 7.68. The lowest BCUT2D eigenvalue weighted by Gasteiger charge is -2.17. The quantitative estimate of drug-likeness (QED) is 0.497. The highest BCUT2D eigenvalue weighted by Crippen LogP contribution is 2.22. The summed E-state index contributed by atoms with van der Waals surface area (Å²) in [6.45, 7) is 6.48. The lowest BCUT2D eigenvalue weighted by Crippen LogP contribution is -2.19. The molecule has 4 rings (SSSR count). The first-order chi connectivity index (χ1) is 14.1. The van der Waals surface area contributed by atoms with Crippen LogP contribution in [0.25, 0.3) is 17.2 Å². The summed E-state index contributed by atoms with van der Waals surface area (Å²) in [6, 6.07) is 16.8. The maximum Gasteiger partial charge on any atom is 0.254 e. The molecule has 1 N–H and O–H groups in total. The molecule has 0 radical (unpaired) electrons. The number of fused-ring (bicyclic) bond motifs is 1. The Morgan fingerprint density at radius 3 is 2.55 bits per heavy atom. The minimum atomic E-state index is 0.284. The van der Waals surface area contributed by atoms with Crippen LogP contribution in [0.1, 0.15) is 44.4 Å². The molecule has 0 amide bonds. The van der Waals surface area contributed by atoms with E-state index in [0.717, 1.165) is 29.9 Å². The molecule has 0 unspecified atom stereocenters. The minimum absolute atomic E-state index is 0.284. The molecule has 4 aromatic rings. The van der Waals surface area contributed by atoms with E-state index >= 15 is 0 Å². The maximum absolute atomic E-state index is 4.71. The third-order valence-electron chi connectivity index (χ3n) is 4.95. The lowest BCUT2D eigenvalue weighted by atomic mass is 10.1. The highest BCUT2D eigenvalue weighted by molar-refractivity contribution is 5.57. The Balaban J connectivity index is 1.62. The molecule has 0 aliphatic heterocycles. The van der Waals surface area contributed by atoms with Crippen molar-refractivity contribution in [1.82, 2.24) is 24.6 Å². The summed E-state index contributed by atoms with van der Waals surface area (Å²) in [4.78, 5) is 13.5. The first-order valence-corrected chi connectivity index (χ1v) is 10.1. The van der Waals surface area contributed by atoms with Crippen LogP contribution >= 0.6 is 0 Å². The number of benzene rings is 1. The van der Waals surface area contributed by atoms with Gasteiger partial charge in [0.15, 0.2) is 5.82 Å². The van der Waals surface area contributed by atoms with Gasteiger partial charge in [-0.05, 0) is 43.4 Å². The van der Waals surface area contributed by atoms with Gasteiger partial charge in [0.25, 0.3) is 5.78 Å². The molecule has 1 atom stereocenters. The first kappa shape index (κ1) is 19.1. The lowest BCUT2D eigenvalue weighted by molar-refractivity contribution is 0.695. The van der Waals surface area contributed by atoms with Crippen molar-refractivity contribution in [3.8, 4) is 11.4 Å². The van der Waals surface area contributed by atoms with Crippen LogP contribution in [0.15, 0.2) is 60.9 Å². The predicted octanol–water partition coefficient (Wildman–Crippen LogP) is 4.74. The van der Waals surface area contributed by atoms with Gasteiger partial charge in [0, 0.05) is 30.1 Å². The van der Waals surface area contributed by atoms with Crippen molar-refractivity contribution >= 4 is 11.6 Å². The van der Waals surface area contributed by atoms with Crippen LogP contribution < -0.4 is 5.32 Å². The van der Waals surface area contributed by atoms with Gasteiger partial charge in [-0.1, -0.05) is 44.2 Å². The zero-order chi connectivity index (χ0) is 20.2. The van der Waals surface area contributed by atoms with Gasteiger partial charge in [0.05, 0.1) is 5.69 Å². The van der Waals surface area contributed by atoms with Gasteiger partial charge in [0.1, 0.15) is 5.82 Å². The summed E-state index contributed by atoms with van der Waals surface area (Å²) in [5, 5.41) is 8.32. The van der Waals surface area contributed by atoms with Crippen molar-refractivity contribution in [2.75, 3.05) is 5.32 Å². The number of nitrogens with one attached hydrogen (secondary N) is 1. The van der Waals surface area contributed by atoms with E-state index in [4.69, 9.17) is 10.1 Å². The van der Waals surface area contributed by atoms with Crippen LogP contribution in [-0.2, 0) is 6.42 Å². The van der Waals surface area contributed by atoms with E-state index in [0.29, 0.717) is 17.5 Å². The summed E-state index contributed by atoms with van der Waals surface area (Å²) in [6.07, 6.45) is 5.57. The average molecular weight is 387 g/mol. The van der Waals surface area contributed by atoms with Crippen molar-refractivity contribution in [2.24, 2.45) is 0 Å². The Labute approximate surface area is 171 Å². The van der Waals surface area contributed by atoms with E-state index in [1.54, 1.807) is 16.9 Å². The van der Waals surface area contributed by atoms with Crippen LogP contribution in [0.3, 0.4) is 0 Å². The summed E-state index contributed by atoms with van der Waals surface area (Å²) in [7, 11) is 0. The topological polar surface area (TPSA) is 68.0 Å². The molecule has 1 aromatic carbocycles. The molecule has 3 aromatic heterocycles. The molecule has 148 valence electrons. The molecule has 0 saturated heterocycles. The van der Waals surface area contributed by atoms with Gasteiger partial charge < -0.3 is 5.32 Å². The monoisotopic (exact) mass is 386 g/mol. The molecule has 0 fully saturated rings. The molecule has 0 bridgehead atoms. The third-order valence-corrected chi connectivity index (χ3v) is 4.95. The van der Waals surface area contributed by atoms with Crippen molar-refractivity contribution in [3.63, 3.8) is 0 Å². The number of hydrogen-bond acceptors (Lipinski definition) is 5. The zero-order valence-corrected chi connectivity index (χ0v) is 17.1. The van der Waals surface area contributed by atoms with Gasteiger partial charge >= 0.3 is 0 Å². The summed E-state index contributed by atoms with van der Waals surface area (Å²) in [5.74, 6) is 2.46. The molecular weight excluding hydrogens is 360 g/mol. The Bertz CT molecular complexity index is 1070. The number of aryl methyl sites for hydroxylation is 1. The number of pyridine rings is 1. The van der Waals surface area contributed by atoms with Crippen LogP contribution in [0.5, 0.6) is 0 Å². The third kappa shape index (κ3) is 4.42.